The van der Waals surface area contributed by atoms with E-state index in [1.54, 1.807) is 0 Å². The van der Waals surface area contributed by atoms with Crippen LogP contribution in [0.25, 0.3) is 0 Å². The molecule has 0 amide bonds. The first-order valence-corrected chi connectivity index (χ1v) is 6.69. The molecule has 0 heterocycles. The van der Waals surface area contributed by atoms with Gasteiger partial charge in [-0.2, -0.15) is 0 Å². The minimum atomic E-state index is -3.00. The Balaban J connectivity index is 2.50. The van der Waals surface area contributed by atoms with Crippen LogP contribution in [0.2, 0.25) is 0 Å². The van der Waals surface area contributed by atoms with Crippen LogP contribution < -0.4 is 0 Å². The summed E-state index contributed by atoms with van der Waals surface area (Å²) in [7, 11) is -3.00. The zero-order valence-electron chi connectivity index (χ0n) is 8.47. The van der Waals surface area contributed by atoms with E-state index in [0.717, 1.165) is 0 Å². The zero-order valence-corrected chi connectivity index (χ0v) is 9.29. The molecule has 0 aromatic rings. The SMILES string of the molecule is CS(=O)(=O)C1CCC(C(=O)OC#N)CC1. The van der Waals surface area contributed by atoms with Crippen LogP contribution in [0.15, 0.2) is 0 Å². The highest BCUT2D eigenvalue weighted by molar-refractivity contribution is 7.91. The summed E-state index contributed by atoms with van der Waals surface area (Å²) < 4.78 is 26.7. The summed E-state index contributed by atoms with van der Waals surface area (Å²) in [5.41, 5.74) is 0. The lowest BCUT2D eigenvalue weighted by Gasteiger charge is -2.24. The van der Waals surface area contributed by atoms with Crippen LogP contribution in [-0.4, -0.2) is 25.9 Å². The molecule has 5 nitrogen and oxygen atoms in total. The predicted octanol–water partition coefficient (Wildman–Crippen LogP) is 0.614. The van der Waals surface area contributed by atoms with Crippen molar-refractivity contribution in [3.63, 3.8) is 0 Å². The van der Waals surface area contributed by atoms with E-state index < -0.39 is 15.8 Å². The molecule has 1 aliphatic rings. The topological polar surface area (TPSA) is 84.2 Å². The number of esters is 1. The number of sulfone groups is 1. The summed E-state index contributed by atoms with van der Waals surface area (Å²) in [6.45, 7) is 0. The molecule has 6 heteroatoms. The van der Waals surface area contributed by atoms with E-state index in [9.17, 15) is 13.2 Å². The molecule has 0 aromatic carbocycles. The highest BCUT2D eigenvalue weighted by Crippen LogP contribution is 2.28. The molecular formula is C9H13NO4S. The lowest BCUT2D eigenvalue weighted by molar-refractivity contribution is -0.142. The number of nitrogens with zero attached hydrogens (tertiary/aromatic N) is 1. The van der Waals surface area contributed by atoms with E-state index >= 15 is 0 Å². The average Bonchev–Trinajstić information content (AvgIpc) is 2.17. The second-order valence-electron chi connectivity index (χ2n) is 3.82. The molecule has 0 unspecified atom stereocenters. The van der Waals surface area contributed by atoms with E-state index in [1.807, 2.05) is 0 Å². The first-order chi connectivity index (χ1) is 6.95. The molecular weight excluding hydrogens is 218 g/mol. The van der Waals surface area contributed by atoms with Crippen LogP contribution in [0.3, 0.4) is 0 Å². The largest absolute Gasteiger partial charge is 0.351 e. The lowest BCUT2D eigenvalue weighted by atomic mass is 9.89. The fourth-order valence-corrected chi connectivity index (χ4v) is 2.98. The van der Waals surface area contributed by atoms with Crippen LogP contribution in [0.4, 0.5) is 0 Å². The average molecular weight is 231 g/mol. The number of nitriles is 1. The molecule has 0 saturated heterocycles. The fraction of sp³-hybridized carbons (Fsp3) is 0.778. The Morgan fingerprint density at radius 2 is 1.87 bits per heavy atom. The zero-order chi connectivity index (χ0) is 11.5. The minimum Gasteiger partial charge on any atom is -0.351 e. The first kappa shape index (κ1) is 12.0. The van der Waals surface area contributed by atoms with E-state index in [-0.39, 0.29) is 11.2 Å². The van der Waals surface area contributed by atoms with Gasteiger partial charge in [0.05, 0.1) is 11.2 Å². The van der Waals surface area contributed by atoms with Gasteiger partial charge in [0.2, 0.25) is 0 Å². The molecule has 15 heavy (non-hydrogen) atoms. The number of ether oxygens (including phenoxy) is 1. The maximum absolute atomic E-state index is 11.2. The number of hydrogen-bond donors (Lipinski definition) is 0. The standard InChI is InChI=1S/C9H13NO4S/c1-15(12,13)8-4-2-7(3-5-8)9(11)14-6-10/h7-8H,2-5H2,1H3. The molecule has 1 aliphatic carbocycles. The summed E-state index contributed by atoms with van der Waals surface area (Å²) in [5, 5.41) is 7.82. The summed E-state index contributed by atoms with van der Waals surface area (Å²) >= 11 is 0. The van der Waals surface area contributed by atoms with Gasteiger partial charge in [0.1, 0.15) is 9.84 Å². The quantitative estimate of drug-likeness (QED) is 0.513. The van der Waals surface area contributed by atoms with Crippen LogP contribution in [-0.2, 0) is 19.4 Å². The molecule has 84 valence electrons. The lowest BCUT2D eigenvalue weighted by Crippen LogP contribution is -2.29. The summed E-state index contributed by atoms with van der Waals surface area (Å²) in [4.78, 5) is 11.2. The van der Waals surface area contributed by atoms with Crippen LogP contribution >= 0.6 is 0 Å². The van der Waals surface area contributed by atoms with Gasteiger partial charge in [0.15, 0.2) is 0 Å². The van der Waals surface area contributed by atoms with E-state index in [1.165, 1.54) is 12.5 Å². The minimum absolute atomic E-state index is 0.317. The van der Waals surface area contributed by atoms with E-state index in [4.69, 9.17) is 5.26 Å². The molecule has 0 atom stereocenters. The second-order valence-corrected chi connectivity index (χ2v) is 6.14. The molecule has 0 spiro atoms. The normalized spacial score (nSPS) is 26.7. The molecule has 1 fully saturated rings. The molecule has 0 N–H and O–H groups in total. The number of rotatable bonds is 2. The van der Waals surface area contributed by atoms with Gasteiger partial charge < -0.3 is 4.74 Å². The number of carbonyl (C=O) groups excluding carboxylic acids is 1. The van der Waals surface area contributed by atoms with Crippen molar-refractivity contribution in [1.82, 2.24) is 0 Å². The smallest absolute Gasteiger partial charge is 0.324 e. The van der Waals surface area contributed by atoms with Crippen molar-refractivity contribution in [3.8, 4) is 6.26 Å². The van der Waals surface area contributed by atoms with Gasteiger partial charge in [-0.1, -0.05) is 0 Å². The van der Waals surface area contributed by atoms with Crippen molar-refractivity contribution >= 4 is 15.8 Å². The predicted molar refractivity (Wildman–Crippen MR) is 52.3 cm³/mol. The molecule has 0 aromatic heterocycles. The van der Waals surface area contributed by atoms with Gasteiger partial charge in [0.25, 0.3) is 6.26 Å². The monoisotopic (exact) mass is 231 g/mol. The third kappa shape index (κ3) is 3.20. The number of carbonyl (C=O) groups is 1. The van der Waals surface area contributed by atoms with Crippen LogP contribution in [0.1, 0.15) is 25.7 Å². The van der Waals surface area contributed by atoms with Crippen LogP contribution in [0, 0.1) is 17.4 Å². The van der Waals surface area contributed by atoms with Gasteiger partial charge in [-0.05, 0) is 25.7 Å². The van der Waals surface area contributed by atoms with E-state index in [2.05, 4.69) is 4.74 Å². The Hall–Kier alpha value is -1.09. The Bertz CT molecular complexity index is 373. The molecule has 0 radical (unpaired) electrons. The number of hydrogen-bond acceptors (Lipinski definition) is 5. The molecule has 0 bridgehead atoms. The van der Waals surface area contributed by atoms with Crippen molar-refractivity contribution in [2.75, 3.05) is 6.26 Å². The van der Waals surface area contributed by atoms with Gasteiger partial charge in [-0.15, -0.1) is 5.26 Å². The Kier molecular flexibility index (Phi) is 3.69. The van der Waals surface area contributed by atoms with Crippen molar-refractivity contribution < 1.29 is 17.9 Å². The van der Waals surface area contributed by atoms with Gasteiger partial charge >= 0.3 is 5.97 Å². The Labute approximate surface area is 88.9 Å². The van der Waals surface area contributed by atoms with Crippen LogP contribution in [0.5, 0.6) is 0 Å². The third-order valence-electron chi connectivity index (χ3n) is 2.76. The Morgan fingerprint density at radius 1 is 1.33 bits per heavy atom. The highest BCUT2D eigenvalue weighted by Gasteiger charge is 2.31. The second kappa shape index (κ2) is 4.62. The maximum atomic E-state index is 11.2. The van der Waals surface area contributed by atoms with Crippen molar-refractivity contribution in [3.05, 3.63) is 0 Å². The summed E-state index contributed by atoms with van der Waals surface area (Å²) in [6.07, 6.45) is 4.47. The third-order valence-corrected chi connectivity index (χ3v) is 4.44. The Morgan fingerprint density at radius 3 is 2.27 bits per heavy atom. The summed E-state index contributed by atoms with van der Waals surface area (Å²) in [5.74, 6) is -0.855. The molecule has 1 rings (SSSR count). The van der Waals surface area contributed by atoms with Crippen molar-refractivity contribution in [1.29, 1.82) is 5.26 Å². The fourth-order valence-electron chi connectivity index (χ4n) is 1.86. The molecule has 0 aliphatic heterocycles. The van der Waals surface area contributed by atoms with Crippen molar-refractivity contribution in [2.24, 2.45) is 5.92 Å². The van der Waals surface area contributed by atoms with Gasteiger partial charge in [-0.3, -0.25) is 4.79 Å². The first-order valence-electron chi connectivity index (χ1n) is 4.73. The maximum Gasteiger partial charge on any atom is 0.324 e. The van der Waals surface area contributed by atoms with E-state index in [0.29, 0.717) is 25.7 Å². The summed E-state index contributed by atoms with van der Waals surface area (Å²) in [6, 6.07) is 0. The van der Waals surface area contributed by atoms with Gasteiger partial charge in [-0.25, -0.2) is 8.42 Å². The highest BCUT2D eigenvalue weighted by atomic mass is 32.2. The molecule has 1 saturated carbocycles. The van der Waals surface area contributed by atoms with Crippen molar-refractivity contribution in [2.45, 2.75) is 30.9 Å². The van der Waals surface area contributed by atoms with Gasteiger partial charge in [0, 0.05) is 6.26 Å².